The van der Waals surface area contributed by atoms with Crippen LogP contribution in [0.5, 0.6) is 0 Å². The maximum atomic E-state index is 13.8. The van der Waals surface area contributed by atoms with Gasteiger partial charge in [-0.25, -0.2) is 4.39 Å². The lowest BCUT2D eigenvalue weighted by Gasteiger charge is -2.06. The van der Waals surface area contributed by atoms with Crippen LogP contribution in [0.1, 0.15) is 0 Å². The molecule has 7 heteroatoms. The van der Waals surface area contributed by atoms with Crippen LogP contribution in [0.2, 0.25) is 5.28 Å². The Morgan fingerprint density at radius 1 is 1.24 bits per heavy atom. The molecule has 0 amide bonds. The zero-order valence-electron chi connectivity index (χ0n) is 10.8. The molecule has 1 atom stereocenters. The summed E-state index contributed by atoms with van der Waals surface area (Å²) in [4.78, 5) is 12.3. The Balaban J connectivity index is 1.67. The summed E-state index contributed by atoms with van der Waals surface area (Å²) in [5.74, 6) is 0.482. The molecule has 0 unspecified atom stereocenters. The topological polar surface area (TPSA) is 59.9 Å². The number of halogens is 2. The number of aromatic nitrogens is 3. The second-order valence-electron chi connectivity index (χ2n) is 4.86. The summed E-state index contributed by atoms with van der Waals surface area (Å²) in [7, 11) is 0. The van der Waals surface area contributed by atoms with E-state index in [4.69, 9.17) is 16.3 Å². The van der Waals surface area contributed by atoms with Crippen LogP contribution in [0.15, 0.2) is 35.5 Å². The molecule has 2 aliphatic rings. The zero-order chi connectivity index (χ0) is 14.4. The molecule has 1 aliphatic heterocycles. The molecule has 2 aromatic rings. The van der Waals surface area contributed by atoms with Gasteiger partial charge in [-0.05, 0) is 29.3 Å². The first-order valence-corrected chi connectivity index (χ1v) is 6.84. The van der Waals surface area contributed by atoms with E-state index < -0.39 is 5.82 Å². The van der Waals surface area contributed by atoms with Crippen molar-refractivity contribution in [2.24, 2.45) is 5.92 Å². The van der Waals surface area contributed by atoms with Crippen molar-refractivity contribution in [3.63, 3.8) is 0 Å². The van der Waals surface area contributed by atoms with Gasteiger partial charge in [0.05, 0.1) is 18.8 Å². The van der Waals surface area contributed by atoms with Gasteiger partial charge < -0.3 is 10.1 Å². The minimum Gasteiger partial charge on any atom is -0.376 e. The fourth-order valence-corrected chi connectivity index (χ4v) is 2.59. The number of rotatable bonds is 3. The summed E-state index contributed by atoms with van der Waals surface area (Å²) in [6.07, 6.45) is 0. The molecule has 1 fully saturated rings. The van der Waals surface area contributed by atoms with E-state index in [0.717, 1.165) is 5.70 Å². The summed E-state index contributed by atoms with van der Waals surface area (Å²) in [5, 5.41) is 3.15. The molecule has 0 spiro atoms. The molecule has 0 saturated carbocycles. The van der Waals surface area contributed by atoms with E-state index in [0.29, 0.717) is 30.6 Å². The van der Waals surface area contributed by atoms with Gasteiger partial charge in [0.2, 0.25) is 11.2 Å². The Labute approximate surface area is 124 Å². The lowest BCUT2D eigenvalue weighted by molar-refractivity contribution is 0.189. The third-order valence-corrected chi connectivity index (χ3v) is 3.71. The molecule has 1 saturated heterocycles. The quantitative estimate of drug-likeness (QED) is 0.944. The van der Waals surface area contributed by atoms with Gasteiger partial charge in [-0.15, -0.1) is 0 Å². The predicted molar refractivity (Wildman–Crippen MR) is 75.2 cm³/mol. The summed E-state index contributed by atoms with van der Waals surface area (Å²) < 4.78 is 19.1. The Morgan fingerprint density at radius 3 is 2.86 bits per heavy atom. The fourth-order valence-electron chi connectivity index (χ4n) is 2.43. The number of hydrogen-bond donors (Lipinski definition) is 1. The van der Waals surface area contributed by atoms with Gasteiger partial charge in [0.15, 0.2) is 5.82 Å². The summed E-state index contributed by atoms with van der Waals surface area (Å²) in [6, 6.07) is 6.29. The van der Waals surface area contributed by atoms with Crippen molar-refractivity contribution in [1.29, 1.82) is 0 Å². The Morgan fingerprint density at radius 2 is 2.10 bits per heavy atom. The van der Waals surface area contributed by atoms with Gasteiger partial charge in [-0.3, -0.25) is 0 Å². The molecule has 106 valence electrons. The predicted octanol–water partition coefficient (Wildman–Crippen LogP) is 2.66. The van der Waals surface area contributed by atoms with E-state index in [1.807, 2.05) is 0 Å². The molecule has 5 nitrogen and oxygen atoms in total. The monoisotopic (exact) mass is 304 g/mol. The van der Waals surface area contributed by atoms with Crippen LogP contribution in [-0.2, 0) is 4.74 Å². The number of fused-ring (bicyclic) bond motifs is 1. The van der Waals surface area contributed by atoms with Crippen LogP contribution in [0.3, 0.4) is 0 Å². The second-order valence-corrected chi connectivity index (χ2v) is 5.20. The van der Waals surface area contributed by atoms with E-state index in [1.165, 1.54) is 11.6 Å². The molecule has 1 aromatic carbocycles. The third-order valence-electron chi connectivity index (χ3n) is 3.54. The molecule has 1 aromatic heterocycles. The number of nitrogens with one attached hydrogen (secondary N) is 1. The lowest BCUT2D eigenvalue weighted by atomic mass is 10.2. The smallest absolute Gasteiger partial charge is 0.231 e. The van der Waals surface area contributed by atoms with E-state index in [1.54, 1.807) is 18.2 Å². The van der Waals surface area contributed by atoms with Gasteiger partial charge in [0.25, 0.3) is 0 Å². The minimum atomic E-state index is -0.399. The first kappa shape index (κ1) is 12.7. The summed E-state index contributed by atoms with van der Waals surface area (Å²) >= 11 is 5.91. The first-order chi connectivity index (χ1) is 10.2. The van der Waals surface area contributed by atoms with E-state index in [-0.39, 0.29) is 11.1 Å². The number of benzene rings is 1. The minimum absolute atomic E-state index is 0.0263. The molecule has 1 aliphatic carbocycles. The van der Waals surface area contributed by atoms with Gasteiger partial charge in [-0.1, -0.05) is 12.1 Å². The van der Waals surface area contributed by atoms with Crippen molar-refractivity contribution >= 4 is 17.5 Å². The second kappa shape index (κ2) is 4.75. The highest BCUT2D eigenvalue weighted by molar-refractivity contribution is 6.28. The van der Waals surface area contributed by atoms with Crippen molar-refractivity contribution in [2.45, 2.75) is 0 Å². The van der Waals surface area contributed by atoms with Gasteiger partial charge >= 0.3 is 0 Å². The summed E-state index contributed by atoms with van der Waals surface area (Å²) in [5.41, 5.74) is 2.60. The van der Waals surface area contributed by atoms with Crippen molar-refractivity contribution < 1.29 is 9.13 Å². The van der Waals surface area contributed by atoms with Crippen LogP contribution in [0, 0.1) is 11.7 Å². The average Bonchev–Trinajstić information content (AvgIpc) is 2.90. The van der Waals surface area contributed by atoms with Crippen molar-refractivity contribution in [1.82, 2.24) is 15.0 Å². The molecular weight excluding hydrogens is 295 g/mol. The SMILES string of the molecule is Fc1ccccc1-c1nc(Cl)nc(NC2=C3COC[C@H]32)n1. The molecule has 0 radical (unpaired) electrons. The van der Waals surface area contributed by atoms with Gasteiger partial charge in [0, 0.05) is 11.6 Å². The highest BCUT2D eigenvalue weighted by Gasteiger charge is 2.41. The Kier molecular flexibility index (Phi) is 2.87. The highest BCUT2D eigenvalue weighted by atomic mass is 35.5. The zero-order valence-corrected chi connectivity index (χ0v) is 11.6. The van der Waals surface area contributed by atoms with Crippen LogP contribution < -0.4 is 5.32 Å². The van der Waals surface area contributed by atoms with E-state index in [2.05, 4.69) is 20.3 Å². The lowest BCUT2D eigenvalue weighted by Crippen LogP contribution is -2.05. The highest BCUT2D eigenvalue weighted by Crippen LogP contribution is 2.43. The number of nitrogens with zero attached hydrogens (tertiary/aromatic N) is 3. The first-order valence-electron chi connectivity index (χ1n) is 6.46. The number of hydrogen-bond acceptors (Lipinski definition) is 5. The third kappa shape index (κ3) is 2.26. The maximum Gasteiger partial charge on any atom is 0.231 e. The molecule has 0 bridgehead atoms. The molecule has 21 heavy (non-hydrogen) atoms. The van der Waals surface area contributed by atoms with Gasteiger partial charge in [-0.2, -0.15) is 15.0 Å². The average molecular weight is 305 g/mol. The van der Waals surface area contributed by atoms with Crippen molar-refractivity contribution in [3.05, 3.63) is 46.6 Å². The Bertz CT molecular complexity index is 764. The summed E-state index contributed by atoms with van der Waals surface area (Å²) in [6.45, 7) is 1.34. The normalized spacial score (nSPS) is 19.6. The van der Waals surface area contributed by atoms with Crippen molar-refractivity contribution in [2.75, 3.05) is 18.5 Å². The van der Waals surface area contributed by atoms with Crippen LogP contribution in [0.25, 0.3) is 11.4 Å². The van der Waals surface area contributed by atoms with Gasteiger partial charge in [0.1, 0.15) is 5.82 Å². The standard InChI is InChI=1S/C14H10ClFN4O/c15-13-18-12(7-3-1-2-4-10(7)16)19-14(20-13)17-11-8-5-21-6-9(8)11/h1-4,8H,5-6H2,(H,17,18,19,20)/t8-/m1/s1. The van der Waals surface area contributed by atoms with Crippen LogP contribution in [-0.4, -0.2) is 28.2 Å². The Hall–Kier alpha value is -2.05. The van der Waals surface area contributed by atoms with E-state index in [9.17, 15) is 4.39 Å². The largest absolute Gasteiger partial charge is 0.376 e. The van der Waals surface area contributed by atoms with Crippen molar-refractivity contribution in [3.8, 4) is 11.4 Å². The molecule has 1 N–H and O–H groups in total. The van der Waals surface area contributed by atoms with Crippen LogP contribution >= 0.6 is 11.6 Å². The van der Waals surface area contributed by atoms with E-state index >= 15 is 0 Å². The number of anilines is 1. The molecular formula is C14H10ClFN4O. The number of ether oxygens (including phenoxy) is 1. The molecule has 2 heterocycles. The molecule has 4 rings (SSSR count). The fraction of sp³-hybridized carbons (Fsp3) is 0.214. The maximum absolute atomic E-state index is 13.8. The van der Waals surface area contributed by atoms with Crippen LogP contribution in [0.4, 0.5) is 10.3 Å².